The normalized spacial score (nSPS) is 32.3. The summed E-state index contributed by atoms with van der Waals surface area (Å²) >= 11 is 0. The molecule has 0 radical (unpaired) electrons. The smallest absolute Gasteiger partial charge is 0.402 e. The van der Waals surface area contributed by atoms with Crippen molar-refractivity contribution in [1.82, 2.24) is 0 Å². The average molecular weight is 950 g/mol. The molecule has 3 saturated heterocycles. The summed E-state index contributed by atoms with van der Waals surface area (Å²) in [4.78, 5) is 12.6. The van der Waals surface area contributed by atoms with Gasteiger partial charge in [0.2, 0.25) is 24.1 Å². The van der Waals surface area contributed by atoms with Gasteiger partial charge in [-0.25, -0.2) is 9.21 Å². The molecule has 0 saturated carbocycles. The van der Waals surface area contributed by atoms with E-state index in [0.717, 1.165) is 24.3 Å². The number of aliphatic hydroxyl groups excluding tert-OH is 9. The lowest BCUT2D eigenvalue weighted by Gasteiger charge is -2.42. The van der Waals surface area contributed by atoms with Gasteiger partial charge in [0.1, 0.15) is 77.9 Å². The molecule has 0 spiro atoms. The van der Waals surface area contributed by atoms with Crippen molar-refractivity contribution in [3.05, 3.63) is 60.2 Å². The van der Waals surface area contributed by atoms with E-state index in [1.807, 2.05) is 0 Å². The van der Waals surface area contributed by atoms with E-state index in [-0.39, 0.29) is 45.3 Å². The Bertz CT molecular complexity index is 2430. The molecule has 4 aromatic rings. The highest BCUT2D eigenvalue weighted by molar-refractivity contribution is 5.89. The second kappa shape index (κ2) is 20.2. The molecule has 1 aromatic heterocycles. The van der Waals surface area contributed by atoms with Gasteiger partial charge in [0.15, 0.2) is 35.4 Å². The molecule has 15 unspecified atom stereocenters. The Morgan fingerprint density at radius 3 is 1.97 bits per heavy atom. The van der Waals surface area contributed by atoms with Crippen LogP contribution in [0.5, 0.6) is 46.0 Å². The second-order valence-electron chi connectivity index (χ2n) is 15.8. The zero-order valence-electron chi connectivity index (χ0n) is 35.2. The summed E-state index contributed by atoms with van der Waals surface area (Å²) in [5, 5.41) is 147. The van der Waals surface area contributed by atoms with Crippen LogP contribution in [0, 0.1) is 0 Å². The van der Waals surface area contributed by atoms with Crippen molar-refractivity contribution >= 4 is 23.0 Å². The molecule has 15 atom stereocenters. The van der Waals surface area contributed by atoms with E-state index in [1.165, 1.54) is 50.4 Å². The molecule has 364 valence electrons. The predicted octanol–water partition coefficient (Wildman–Crippen LogP) is -1.61. The fourth-order valence-corrected chi connectivity index (χ4v) is 7.48. The standard InChI is InChI=1S/C43H48O24/c1-15-39(67-29(49)6-4-16-3-5-20(46)21(47)7-16)35(55)38(58)41(61-15)60-14-28-32(52)34(54)37(57)43(66-28)64-26-12-19-23(62-40(26)17-8-22(48)30(50)25(9-17)59-2)10-18(45)11-24(19)63-42-36(56)33(53)31(51)27(13-44)65-42/h3-12,15,27-28,31-39,41-44,51-58H,13-14H2,1-2H3,(H4-,45,46,47,48,49,50)/p+1. The Labute approximate surface area is 378 Å². The summed E-state index contributed by atoms with van der Waals surface area (Å²) in [5.41, 5.74) is 0.0995. The van der Waals surface area contributed by atoms with Gasteiger partial charge in [0, 0.05) is 30.3 Å². The second-order valence-corrected chi connectivity index (χ2v) is 15.8. The van der Waals surface area contributed by atoms with E-state index >= 15 is 0 Å². The Hall–Kier alpha value is -5.84. The number of carbonyl (C=O) groups excluding carboxylic acids is 1. The van der Waals surface area contributed by atoms with Crippen LogP contribution in [-0.4, -0.2) is 190 Å². The minimum absolute atomic E-state index is 0.0525. The maximum Gasteiger partial charge on any atom is 0.402 e. The molecule has 0 bridgehead atoms. The number of carbonyl (C=O) groups is 1. The molecular formula is C43H49O24+. The van der Waals surface area contributed by atoms with Crippen molar-refractivity contribution in [3.63, 3.8) is 0 Å². The molecule has 24 nitrogen and oxygen atoms in total. The minimum Gasteiger partial charge on any atom is -0.507 e. The summed E-state index contributed by atoms with van der Waals surface area (Å²) in [5.74, 6) is -4.82. The van der Waals surface area contributed by atoms with Gasteiger partial charge in [-0.15, -0.1) is 0 Å². The number of rotatable bonds is 13. The van der Waals surface area contributed by atoms with Gasteiger partial charge >= 0.3 is 17.3 Å². The number of esters is 1. The lowest BCUT2D eigenvalue weighted by molar-refractivity contribution is -0.319. The lowest BCUT2D eigenvalue weighted by atomic mass is 9.98. The van der Waals surface area contributed by atoms with Crippen LogP contribution in [0.4, 0.5) is 0 Å². The Balaban J connectivity index is 1.12. The number of methoxy groups -OCH3 is 1. The van der Waals surface area contributed by atoms with Crippen molar-refractivity contribution in [3.8, 4) is 57.3 Å². The summed E-state index contributed by atoms with van der Waals surface area (Å²) in [6.07, 6.45) is -23.6. The first kappa shape index (κ1) is 49.1. The Morgan fingerprint density at radius 2 is 1.31 bits per heavy atom. The molecule has 3 aliphatic heterocycles. The number of phenols is 5. The van der Waals surface area contributed by atoms with Crippen molar-refractivity contribution in [1.29, 1.82) is 0 Å². The van der Waals surface area contributed by atoms with Crippen LogP contribution in [0.2, 0.25) is 0 Å². The fraction of sp³-hybridized carbons (Fsp3) is 0.442. The van der Waals surface area contributed by atoms with Gasteiger partial charge in [-0.3, -0.25) is 0 Å². The monoisotopic (exact) mass is 949 g/mol. The number of phenolic OH excluding ortho intramolecular Hbond substituents is 5. The molecule has 24 heteroatoms. The van der Waals surface area contributed by atoms with Crippen LogP contribution in [0.25, 0.3) is 28.4 Å². The number of fused-ring (bicyclic) bond motifs is 1. The predicted molar refractivity (Wildman–Crippen MR) is 220 cm³/mol. The third kappa shape index (κ3) is 10.2. The maximum absolute atomic E-state index is 12.6. The number of aliphatic hydroxyl groups is 9. The van der Waals surface area contributed by atoms with E-state index in [0.29, 0.717) is 5.56 Å². The highest BCUT2D eigenvalue weighted by Crippen LogP contribution is 2.46. The molecule has 14 N–H and O–H groups in total. The van der Waals surface area contributed by atoms with E-state index in [4.69, 9.17) is 42.3 Å². The van der Waals surface area contributed by atoms with Crippen molar-refractivity contribution < 1.29 is 119 Å². The van der Waals surface area contributed by atoms with Crippen LogP contribution < -0.4 is 14.2 Å². The van der Waals surface area contributed by atoms with E-state index in [2.05, 4.69) is 0 Å². The van der Waals surface area contributed by atoms with E-state index in [1.54, 1.807) is 0 Å². The molecule has 3 aromatic carbocycles. The van der Waals surface area contributed by atoms with Crippen molar-refractivity contribution in [2.24, 2.45) is 0 Å². The maximum atomic E-state index is 12.6. The first-order valence-electron chi connectivity index (χ1n) is 20.4. The van der Waals surface area contributed by atoms with Crippen molar-refractivity contribution in [2.75, 3.05) is 20.3 Å². The number of hydrogen-bond acceptors (Lipinski definition) is 23. The highest BCUT2D eigenvalue weighted by Gasteiger charge is 2.50. The number of hydrogen-bond donors (Lipinski definition) is 14. The van der Waals surface area contributed by atoms with Crippen LogP contribution in [0.3, 0.4) is 0 Å². The Kier molecular flexibility index (Phi) is 14.8. The zero-order valence-corrected chi connectivity index (χ0v) is 35.2. The molecule has 4 heterocycles. The largest absolute Gasteiger partial charge is 0.507 e. The summed E-state index contributed by atoms with van der Waals surface area (Å²) in [6.45, 7) is -0.0866. The summed E-state index contributed by atoms with van der Waals surface area (Å²) < 4.78 is 51.2. The first-order valence-corrected chi connectivity index (χ1v) is 20.4. The molecule has 7 rings (SSSR count). The van der Waals surface area contributed by atoms with E-state index < -0.39 is 134 Å². The summed E-state index contributed by atoms with van der Waals surface area (Å²) in [7, 11) is 1.19. The fourth-order valence-electron chi connectivity index (χ4n) is 7.48. The Morgan fingerprint density at radius 1 is 0.672 bits per heavy atom. The van der Waals surface area contributed by atoms with Crippen LogP contribution in [-0.2, 0) is 28.5 Å². The summed E-state index contributed by atoms with van der Waals surface area (Å²) in [6, 6.07) is 9.41. The van der Waals surface area contributed by atoms with E-state index in [9.17, 15) is 76.3 Å². The first-order chi connectivity index (χ1) is 31.8. The topological polar surface area (TPSA) is 385 Å². The minimum atomic E-state index is -2.02. The van der Waals surface area contributed by atoms with Gasteiger partial charge < -0.3 is 109 Å². The van der Waals surface area contributed by atoms with Gasteiger partial charge in [0.05, 0.1) is 38.1 Å². The number of aromatic hydroxyl groups is 5. The number of ether oxygens (including phenoxy) is 8. The highest BCUT2D eigenvalue weighted by atomic mass is 16.7. The van der Waals surface area contributed by atoms with Gasteiger partial charge in [-0.1, -0.05) is 6.07 Å². The van der Waals surface area contributed by atoms with Gasteiger partial charge in [-0.2, -0.15) is 0 Å². The molecule has 0 aliphatic carbocycles. The SMILES string of the molecule is COc1cc(-c2[o+]c3cc(O)cc(OC4OC(CO)C(O)C(O)C4O)c3cc2OC2OC(COC3OC(C)C(OC(=O)C=Cc4ccc(O)c(O)c4)C(O)C3O)C(O)C(O)C2O)cc(O)c1O. The van der Waals surface area contributed by atoms with Crippen LogP contribution in [0.15, 0.2) is 59.0 Å². The van der Waals surface area contributed by atoms with Crippen LogP contribution in [0.1, 0.15) is 12.5 Å². The molecule has 3 fully saturated rings. The van der Waals surface area contributed by atoms with Crippen LogP contribution >= 0.6 is 0 Å². The molecule has 0 amide bonds. The quantitative estimate of drug-likeness (QED) is 0.0310. The molecule has 3 aliphatic rings. The molecular weight excluding hydrogens is 900 g/mol. The third-order valence-electron chi connectivity index (χ3n) is 11.2. The lowest BCUT2D eigenvalue weighted by Crippen LogP contribution is -2.62. The third-order valence-corrected chi connectivity index (χ3v) is 11.2. The van der Waals surface area contributed by atoms with Gasteiger partial charge in [0.25, 0.3) is 0 Å². The average Bonchev–Trinajstić information content (AvgIpc) is 3.30. The van der Waals surface area contributed by atoms with Gasteiger partial charge in [-0.05, 0) is 30.7 Å². The molecule has 67 heavy (non-hydrogen) atoms. The number of benzene rings is 3. The van der Waals surface area contributed by atoms with Crippen molar-refractivity contribution in [2.45, 2.75) is 99.0 Å². The zero-order chi connectivity index (χ0) is 48.6.